The van der Waals surface area contributed by atoms with Crippen molar-refractivity contribution in [3.8, 4) is 5.75 Å². The molecule has 0 spiro atoms. The van der Waals surface area contributed by atoms with Crippen LogP contribution in [0.2, 0.25) is 0 Å². The fraction of sp³-hybridized carbons (Fsp3) is 0.286. The highest BCUT2D eigenvalue weighted by Crippen LogP contribution is 2.27. The smallest absolute Gasteiger partial charge is 0.290 e. The van der Waals surface area contributed by atoms with E-state index in [2.05, 4.69) is 46.4 Å². The summed E-state index contributed by atoms with van der Waals surface area (Å²) in [5.74, 6) is 1.92. The molecule has 5 heteroatoms. The van der Waals surface area contributed by atoms with Crippen LogP contribution in [0.5, 0.6) is 5.75 Å². The molecule has 0 amide bonds. The van der Waals surface area contributed by atoms with Crippen molar-refractivity contribution in [2.45, 2.75) is 19.6 Å². The molecule has 0 saturated heterocycles. The van der Waals surface area contributed by atoms with Crippen LogP contribution in [-0.4, -0.2) is 11.7 Å². The fourth-order valence-corrected chi connectivity index (χ4v) is 2.96. The number of methoxy groups -OCH3 is 1. The van der Waals surface area contributed by atoms with E-state index in [9.17, 15) is 0 Å². The maximum atomic E-state index is 6.36. The summed E-state index contributed by atoms with van der Waals surface area (Å²) in [6.45, 7) is 2.64. The van der Waals surface area contributed by atoms with Gasteiger partial charge in [-0.05, 0) is 30.2 Å². The Labute approximate surface area is 172 Å². The minimum Gasteiger partial charge on any atom is -1.00 e. The molecule has 1 unspecified atom stereocenters. The van der Waals surface area contributed by atoms with Gasteiger partial charge in [0.05, 0.1) is 27.8 Å². The average Bonchev–Trinajstić information content (AvgIpc) is 2.96. The molecule has 0 bridgehead atoms. The molecular weight excluding hydrogens is 439 g/mol. The van der Waals surface area contributed by atoms with Crippen molar-refractivity contribution in [1.29, 1.82) is 0 Å². The van der Waals surface area contributed by atoms with Gasteiger partial charge < -0.3 is 33.5 Å². The van der Waals surface area contributed by atoms with Gasteiger partial charge in [0.25, 0.3) is 5.82 Å². The molecule has 0 N–H and O–H groups in total. The number of nitrogens with zero attached hydrogens (tertiary/aromatic N) is 2. The van der Waals surface area contributed by atoms with Gasteiger partial charge in [0.15, 0.2) is 6.10 Å². The minimum atomic E-state index is -0.179. The molecule has 1 heterocycles. The minimum absolute atomic E-state index is 0. The summed E-state index contributed by atoms with van der Waals surface area (Å²) < 4.78 is 15.9. The van der Waals surface area contributed by atoms with Gasteiger partial charge in [0, 0.05) is 0 Å². The molecule has 1 atom stereocenters. The van der Waals surface area contributed by atoms with E-state index >= 15 is 0 Å². The molecular formula is C21H25IN2O2. The molecule has 3 rings (SSSR count). The summed E-state index contributed by atoms with van der Waals surface area (Å²) in [7, 11) is 5.76. The molecule has 1 aromatic heterocycles. The van der Waals surface area contributed by atoms with E-state index in [1.165, 1.54) is 5.56 Å². The molecule has 0 aliphatic carbocycles. The van der Waals surface area contributed by atoms with Crippen LogP contribution in [0.15, 0.2) is 60.9 Å². The zero-order valence-corrected chi connectivity index (χ0v) is 17.8. The zero-order valence-electron chi connectivity index (χ0n) is 15.6. The van der Waals surface area contributed by atoms with Crippen LogP contribution in [-0.2, 0) is 25.4 Å². The van der Waals surface area contributed by atoms with E-state index in [1.807, 2.05) is 44.7 Å². The highest BCUT2D eigenvalue weighted by Gasteiger charge is 2.27. The molecule has 2 aromatic carbocycles. The number of imidazole rings is 1. The number of ether oxygens (including phenoxy) is 2. The lowest BCUT2D eigenvalue weighted by atomic mass is 10.1. The second kappa shape index (κ2) is 9.19. The standard InChI is InChI=1S/C21H25N2O2.HI/c1-16-8-10-17(11-9-16)15-25-20(21-22(2)12-13-23(21)3)18-6-5-7-19(14-18)24-4;/h5-14,20H,15H2,1-4H3;1H/q+1;/p-1. The van der Waals surface area contributed by atoms with Gasteiger partial charge in [-0.2, -0.15) is 0 Å². The van der Waals surface area contributed by atoms with Gasteiger partial charge in [-0.25, -0.2) is 9.13 Å². The summed E-state index contributed by atoms with van der Waals surface area (Å²) >= 11 is 0. The van der Waals surface area contributed by atoms with E-state index in [0.29, 0.717) is 6.61 Å². The number of hydrogen-bond acceptors (Lipinski definition) is 2. The van der Waals surface area contributed by atoms with Crippen LogP contribution in [0.25, 0.3) is 0 Å². The Morgan fingerprint density at radius 3 is 2.46 bits per heavy atom. The highest BCUT2D eigenvalue weighted by atomic mass is 127. The van der Waals surface area contributed by atoms with Gasteiger partial charge in [0.2, 0.25) is 0 Å². The number of hydrogen-bond donors (Lipinski definition) is 0. The summed E-state index contributed by atoms with van der Waals surface area (Å²) in [6.07, 6.45) is 3.90. The monoisotopic (exact) mass is 464 g/mol. The van der Waals surface area contributed by atoms with Crippen LogP contribution in [0.3, 0.4) is 0 Å². The number of aromatic nitrogens is 2. The Hall–Kier alpha value is -1.86. The largest absolute Gasteiger partial charge is 1.00 e. The Kier molecular flexibility index (Phi) is 7.23. The normalized spacial score (nSPS) is 11.7. The van der Waals surface area contributed by atoms with Crippen molar-refractivity contribution < 1.29 is 38.0 Å². The summed E-state index contributed by atoms with van der Waals surface area (Å²) in [6, 6.07) is 16.5. The van der Waals surface area contributed by atoms with E-state index in [1.54, 1.807) is 7.11 Å². The van der Waals surface area contributed by atoms with Crippen molar-refractivity contribution in [3.63, 3.8) is 0 Å². The van der Waals surface area contributed by atoms with E-state index < -0.39 is 0 Å². The highest BCUT2D eigenvalue weighted by molar-refractivity contribution is 5.32. The van der Waals surface area contributed by atoms with Crippen LogP contribution in [0, 0.1) is 6.92 Å². The van der Waals surface area contributed by atoms with Gasteiger partial charge in [-0.3, -0.25) is 0 Å². The van der Waals surface area contributed by atoms with Crippen LogP contribution in [0.4, 0.5) is 0 Å². The second-order valence-electron chi connectivity index (χ2n) is 6.33. The lowest BCUT2D eigenvalue weighted by Gasteiger charge is -2.17. The first kappa shape index (κ1) is 20.5. The molecule has 0 aliphatic rings. The first-order chi connectivity index (χ1) is 12.1. The second-order valence-corrected chi connectivity index (χ2v) is 6.33. The maximum absolute atomic E-state index is 6.36. The van der Waals surface area contributed by atoms with Crippen molar-refractivity contribution in [1.82, 2.24) is 4.57 Å². The quantitative estimate of drug-likeness (QED) is 0.392. The predicted molar refractivity (Wildman–Crippen MR) is 97.4 cm³/mol. The first-order valence-electron chi connectivity index (χ1n) is 8.40. The van der Waals surface area contributed by atoms with Gasteiger partial charge in [-0.15, -0.1) is 0 Å². The van der Waals surface area contributed by atoms with Crippen molar-refractivity contribution in [2.24, 2.45) is 14.1 Å². The number of benzene rings is 2. The van der Waals surface area contributed by atoms with Gasteiger partial charge in [-0.1, -0.05) is 42.0 Å². The molecule has 138 valence electrons. The molecule has 0 saturated carbocycles. The van der Waals surface area contributed by atoms with Crippen LogP contribution < -0.4 is 33.3 Å². The fourth-order valence-electron chi connectivity index (χ4n) is 2.96. The van der Waals surface area contributed by atoms with Crippen molar-refractivity contribution >= 4 is 0 Å². The Bertz CT molecular complexity index is 824. The lowest BCUT2D eigenvalue weighted by Crippen LogP contribution is -3.00. The van der Waals surface area contributed by atoms with Crippen LogP contribution >= 0.6 is 0 Å². The van der Waals surface area contributed by atoms with Gasteiger partial charge in [0.1, 0.15) is 18.1 Å². The molecule has 0 aliphatic heterocycles. The summed E-state index contributed by atoms with van der Waals surface area (Å²) in [5, 5.41) is 0. The SMILES string of the molecule is COc1cccc(C(OCc2ccc(C)cc2)c2n(C)cc[n+]2C)c1.[I-]. The Morgan fingerprint density at radius 2 is 1.85 bits per heavy atom. The molecule has 0 fully saturated rings. The van der Waals surface area contributed by atoms with Crippen molar-refractivity contribution in [2.75, 3.05) is 7.11 Å². The number of rotatable bonds is 6. The first-order valence-corrected chi connectivity index (χ1v) is 8.40. The topological polar surface area (TPSA) is 27.3 Å². The van der Waals surface area contributed by atoms with Crippen LogP contribution in [0.1, 0.15) is 28.6 Å². The Morgan fingerprint density at radius 1 is 1.12 bits per heavy atom. The van der Waals surface area contributed by atoms with E-state index in [0.717, 1.165) is 22.7 Å². The zero-order chi connectivity index (χ0) is 17.8. The molecule has 0 radical (unpaired) electrons. The third-order valence-corrected chi connectivity index (χ3v) is 4.40. The Balaban J connectivity index is 0.00000243. The molecule has 3 aromatic rings. The number of aryl methyl sites for hydroxylation is 3. The average molecular weight is 464 g/mol. The summed E-state index contributed by atoms with van der Waals surface area (Å²) in [4.78, 5) is 0. The third-order valence-electron chi connectivity index (χ3n) is 4.40. The summed E-state index contributed by atoms with van der Waals surface area (Å²) in [5.41, 5.74) is 3.49. The molecule has 26 heavy (non-hydrogen) atoms. The maximum Gasteiger partial charge on any atom is 0.290 e. The third kappa shape index (κ3) is 4.65. The van der Waals surface area contributed by atoms with Crippen molar-refractivity contribution in [3.05, 3.63) is 83.4 Å². The number of halogens is 1. The van der Waals surface area contributed by atoms with E-state index in [-0.39, 0.29) is 30.1 Å². The van der Waals surface area contributed by atoms with E-state index in [4.69, 9.17) is 9.47 Å². The van der Waals surface area contributed by atoms with Gasteiger partial charge >= 0.3 is 0 Å². The lowest BCUT2D eigenvalue weighted by molar-refractivity contribution is -0.682. The predicted octanol–water partition coefficient (Wildman–Crippen LogP) is 0.477. The molecule has 4 nitrogen and oxygen atoms in total.